The smallest absolute Gasteiger partial charge is 0.229 e. The molecule has 1 aliphatic heterocycles. The van der Waals surface area contributed by atoms with Crippen LogP contribution in [0.2, 0.25) is 0 Å². The van der Waals surface area contributed by atoms with Crippen molar-refractivity contribution in [2.75, 3.05) is 6.54 Å². The van der Waals surface area contributed by atoms with Gasteiger partial charge in [0, 0.05) is 19.4 Å². The molecule has 0 radical (unpaired) electrons. The zero-order chi connectivity index (χ0) is 12.2. The number of nitrogens with zero attached hydrogens (tertiary/aromatic N) is 2. The van der Waals surface area contributed by atoms with Crippen LogP contribution >= 0.6 is 0 Å². The van der Waals surface area contributed by atoms with E-state index >= 15 is 0 Å². The second-order valence-electron chi connectivity index (χ2n) is 4.89. The van der Waals surface area contributed by atoms with Crippen molar-refractivity contribution < 1.29 is 9.59 Å². The highest BCUT2D eigenvalue weighted by Crippen LogP contribution is 2.21. The molecule has 4 nitrogen and oxygen atoms in total. The highest BCUT2D eigenvalue weighted by Gasteiger charge is 2.26. The molecule has 0 spiro atoms. The van der Waals surface area contributed by atoms with Crippen LogP contribution in [-0.2, 0) is 9.59 Å². The normalized spacial score (nSPS) is 17.4. The Morgan fingerprint density at radius 3 is 2.38 bits per heavy atom. The number of carbonyl (C=O) groups excluding carboxylic acids is 2. The van der Waals surface area contributed by atoms with Crippen LogP contribution in [0.5, 0.6) is 0 Å². The number of piperidine rings is 1. The number of likely N-dealkylation sites (tertiary alicyclic amines) is 1. The third-order valence-corrected chi connectivity index (χ3v) is 2.87. The van der Waals surface area contributed by atoms with Gasteiger partial charge in [0.2, 0.25) is 11.8 Å². The van der Waals surface area contributed by atoms with Gasteiger partial charge in [0.25, 0.3) is 0 Å². The first-order chi connectivity index (χ1) is 7.46. The fourth-order valence-electron chi connectivity index (χ4n) is 1.78. The van der Waals surface area contributed by atoms with Crippen LogP contribution in [0, 0.1) is 16.7 Å². The lowest BCUT2D eigenvalue weighted by Gasteiger charge is -2.25. The van der Waals surface area contributed by atoms with E-state index in [4.69, 9.17) is 5.26 Å². The van der Waals surface area contributed by atoms with Gasteiger partial charge in [0.05, 0.1) is 11.5 Å². The molecule has 0 N–H and O–H groups in total. The standard InChI is InChI=1S/C12H18N2O2/c1-12(2,9-13)7-4-8-14-10(15)5-3-6-11(14)16/h3-8H2,1-2H3. The fraction of sp³-hybridized carbons (Fsp3) is 0.750. The Bertz CT molecular complexity index is 312. The largest absolute Gasteiger partial charge is 0.283 e. The third-order valence-electron chi connectivity index (χ3n) is 2.87. The van der Waals surface area contributed by atoms with Crippen molar-refractivity contribution in [3.05, 3.63) is 0 Å². The van der Waals surface area contributed by atoms with Gasteiger partial charge in [-0.2, -0.15) is 5.26 Å². The highest BCUT2D eigenvalue weighted by atomic mass is 16.2. The fourth-order valence-corrected chi connectivity index (χ4v) is 1.78. The maximum atomic E-state index is 11.5. The molecule has 0 aromatic rings. The second-order valence-corrected chi connectivity index (χ2v) is 4.89. The molecule has 1 rings (SSSR count). The number of carbonyl (C=O) groups is 2. The van der Waals surface area contributed by atoms with Crippen LogP contribution in [0.25, 0.3) is 0 Å². The molecule has 1 fully saturated rings. The van der Waals surface area contributed by atoms with E-state index < -0.39 is 0 Å². The van der Waals surface area contributed by atoms with E-state index in [2.05, 4.69) is 6.07 Å². The zero-order valence-electron chi connectivity index (χ0n) is 9.95. The monoisotopic (exact) mass is 222 g/mol. The van der Waals surface area contributed by atoms with Crippen LogP contribution in [0.3, 0.4) is 0 Å². The van der Waals surface area contributed by atoms with E-state index in [-0.39, 0.29) is 17.2 Å². The van der Waals surface area contributed by atoms with E-state index in [0.717, 1.165) is 0 Å². The van der Waals surface area contributed by atoms with Gasteiger partial charge in [-0.15, -0.1) is 0 Å². The molecule has 0 atom stereocenters. The van der Waals surface area contributed by atoms with E-state index in [1.54, 1.807) is 0 Å². The summed E-state index contributed by atoms with van der Waals surface area (Å²) < 4.78 is 0. The average Bonchev–Trinajstić information content (AvgIpc) is 2.22. The van der Waals surface area contributed by atoms with Crippen molar-refractivity contribution >= 4 is 11.8 Å². The highest BCUT2D eigenvalue weighted by molar-refractivity contribution is 5.97. The number of rotatable bonds is 4. The van der Waals surface area contributed by atoms with Gasteiger partial charge >= 0.3 is 0 Å². The molecule has 4 heteroatoms. The summed E-state index contributed by atoms with van der Waals surface area (Å²) in [5, 5.41) is 8.84. The lowest BCUT2D eigenvalue weighted by atomic mass is 9.89. The lowest BCUT2D eigenvalue weighted by Crippen LogP contribution is -2.40. The maximum absolute atomic E-state index is 11.5. The molecule has 0 unspecified atom stereocenters. The van der Waals surface area contributed by atoms with Crippen molar-refractivity contribution in [2.45, 2.75) is 46.0 Å². The minimum absolute atomic E-state index is 0.0639. The summed E-state index contributed by atoms with van der Waals surface area (Å²) >= 11 is 0. The first-order valence-electron chi connectivity index (χ1n) is 5.71. The van der Waals surface area contributed by atoms with Crippen molar-refractivity contribution in [1.29, 1.82) is 5.26 Å². The molecule has 16 heavy (non-hydrogen) atoms. The molecule has 0 aromatic carbocycles. The van der Waals surface area contributed by atoms with E-state index in [1.807, 2.05) is 13.8 Å². The SMILES string of the molecule is CC(C)(C#N)CCCN1C(=O)CCCC1=O. The molecule has 0 aliphatic carbocycles. The van der Waals surface area contributed by atoms with Gasteiger partial charge in [-0.05, 0) is 33.1 Å². The molecular weight excluding hydrogens is 204 g/mol. The van der Waals surface area contributed by atoms with Gasteiger partial charge in [-0.3, -0.25) is 14.5 Å². The van der Waals surface area contributed by atoms with Crippen LogP contribution < -0.4 is 0 Å². The molecule has 0 aromatic heterocycles. The van der Waals surface area contributed by atoms with Gasteiger partial charge in [0.1, 0.15) is 0 Å². The first kappa shape index (κ1) is 12.7. The Labute approximate surface area is 96.2 Å². The molecule has 88 valence electrons. The Morgan fingerprint density at radius 1 is 1.31 bits per heavy atom. The summed E-state index contributed by atoms with van der Waals surface area (Å²) in [5.41, 5.74) is -0.373. The van der Waals surface area contributed by atoms with Gasteiger partial charge in [-0.1, -0.05) is 0 Å². The quantitative estimate of drug-likeness (QED) is 0.682. The summed E-state index contributed by atoms with van der Waals surface area (Å²) in [6.07, 6.45) is 3.05. The molecule has 0 saturated carbocycles. The minimum atomic E-state index is -0.373. The number of imide groups is 1. The van der Waals surface area contributed by atoms with Crippen molar-refractivity contribution in [3.8, 4) is 6.07 Å². The Morgan fingerprint density at radius 2 is 1.88 bits per heavy atom. The predicted molar refractivity (Wildman–Crippen MR) is 59.2 cm³/mol. The van der Waals surface area contributed by atoms with Gasteiger partial charge < -0.3 is 0 Å². The Kier molecular flexibility index (Phi) is 4.05. The minimum Gasteiger partial charge on any atom is -0.283 e. The van der Waals surface area contributed by atoms with Gasteiger partial charge in [-0.25, -0.2) is 0 Å². The Balaban J connectivity index is 2.40. The van der Waals surface area contributed by atoms with Crippen molar-refractivity contribution in [3.63, 3.8) is 0 Å². The summed E-state index contributed by atoms with van der Waals surface area (Å²) in [6.45, 7) is 4.20. The van der Waals surface area contributed by atoms with Crippen LogP contribution in [0.15, 0.2) is 0 Å². The predicted octanol–water partition coefficient (Wildman–Crippen LogP) is 1.86. The van der Waals surface area contributed by atoms with Crippen LogP contribution in [-0.4, -0.2) is 23.3 Å². The van der Waals surface area contributed by atoms with Gasteiger partial charge in [0.15, 0.2) is 0 Å². The molecule has 1 aliphatic rings. The van der Waals surface area contributed by atoms with E-state index in [9.17, 15) is 9.59 Å². The third kappa shape index (κ3) is 3.34. The van der Waals surface area contributed by atoms with Crippen LogP contribution in [0.4, 0.5) is 0 Å². The zero-order valence-corrected chi connectivity index (χ0v) is 9.95. The number of hydrogen-bond donors (Lipinski definition) is 0. The molecular formula is C12H18N2O2. The molecule has 1 saturated heterocycles. The summed E-state index contributed by atoms with van der Waals surface area (Å²) in [6, 6.07) is 2.21. The topological polar surface area (TPSA) is 61.2 Å². The molecule has 0 bridgehead atoms. The second kappa shape index (κ2) is 5.11. The number of nitriles is 1. The number of amides is 2. The average molecular weight is 222 g/mol. The Hall–Kier alpha value is -1.37. The molecule has 2 amide bonds. The van der Waals surface area contributed by atoms with Crippen molar-refractivity contribution in [2.24, 2.45) is 5.41 Å². The number of hydrogen-bond acceptors (Lipinski definition) is 3. The van der Waals surface area contributed by atoms with Crippen LogP contribution in [0.1, 0.15) is 46.0 Å². The maximum Gasteiger partial charge on any atom is 0.229 e. The summed E-state index contributed by atoms with van der Waals surface area (Å²) in [5.74, 6) is -0.128. The summed E-state index contributed by atoms with van der Waals surface area (Å²) in [7, 11) is 0. The van der Waals surface area contributed by atoms with Crippen molar-refractivity contribution in [1.82, 2.24) is 4.90 Å². The van der Waals surface area contributed by atoms with E-state index in [0.29, 0.717) is 38.6 Å². The first-order valence-corrected chi connectivity index (χ1v) is 5.71. The lowest BCUT2D eigenvalue weighted by molar-refractivity contribution is -0.148. The van der Waals surface area contributed by atoms with E-state index in [1.165, 1.54) is 4.90 Å². The molecule has 1 heterocycles. The summed E-state index contributed by atoms with van der Waals surface area (Å²) in [4.78, 5) is 24.3.